The average molecular weight is 171 g/mol. The Bertz CT molecular complexity index is 124. The van der Waals surface area contributed by atoms with E-state index in [4.69, 9.17) is 5.11 Å². The number of nitrogens with one attached hydrogen (secondary N) is 1. The normalized spacial score (nSPS) is 25.2. The molecule has 1 rings (SSSR count). The van der Waals surface area contributed by atoms with Crippen LogP contribution in [0.3, 0.4) is 0 Å². The first kappa shape index (κ1) is 9.96. The van der Waals surface area contributed by atoms with E-state index in [0.717, 1.165) is 19.6 Å². The molecular formula is C9H19N2O. The molecule has 12 heavy (non-hydrogen) atoms. The summed E-state index contributed by atoms with van der Waals surface area (Å²) in [5.41, 5.74) is 0. The van der Waals surface area contributed by atoms with Crippen molar-refractivity contribution in [2.45, 2.75) is 19.9 Å². The molecular weight excluding hydrogens is 152 g/mol. The Balaban J connectivity index is 2.33. The van der Waals surface area contributed by atoms with Crippen molar-refractivity contribution in [3.8, 4) is 0 Å². The Kier molecular flexibility index (Phi) is 3.98. The van der Waals surface area contributed by atoms with Crippen LogP contribution in [-0.2, 0) is 0 Å². The number of hydrogen-bond acceptors (Lipinski definition) is 3. The van der Waals surface area contributed by atoms with Crippen LogP contribution in [0.2, 0.25) is 0 Å². The molecule has 0 aromatic carbocycles. The smallest absolute Gasteiger partial charge is 0.0471 e. The molecule has 1 heterocycles. The van der Waals surface area contributed by atoms with Gasteiger partial charge in [0.2, 0.25) is 0 Å². The molecule has 0 spiro atoms. The number of aliphatic hydroxyl groups excluding tert-OH is 1. The van der Waals surface area contributed by atoms with E-state index in [0.29, 0.717) is 12.0 Å². The Labute approximate surface area is 74.8 Å². The molecule has 0 aliphatic carbocycles. The number of rotatable bonds is 3. The monoisotopic (exact) mass is 171 g/mol. The van der Waals surface area contributed by atoms with Gasteiger partial charge in [-0.3, -0.25) is 4.90 Å². The van der Waals surface area contributed by atoms with Gasteiger partial charge in [-0.05, 0) is 12.8 Å². The lowest BCUT2D eigenvalue weighted by atomic mass is 10.0. The fraction of sp³-hybridized carbons (Fsp3) is 0.889. The van der Waals surface area contributed by atoms with Crippen LogP contribution in [0.25, 0.3) is 0 Å². The number of hydrogen-bond donors (Lipinski definition) is 2. The highest BCUT2D eigenvalue weighted by molar-refractivity contribution is 4.83. The maximum atomic E-state index is 8.98. The van der Waals surface area contributed by atoms with Crippen LogP contribution in [0.5, 0.6) is 0 Å². The van der Waals surface area contributed by atoms with Crippen LogP contribution in [0, 0.1) is 12.5 Å². The van der Waals surface area contributed by atoms with Crippen LogP contribution in [-0.4, -0.2) is 42.3 Å². The van der Waals surface area contributed by atoms with Gasteiger partial charge in [0.05, 0.1) is 0 Å². The molecule has 2 N–H and O–H groups in total. The molecule has 71 valence electrons. The maximum absolute atomic E-state index is 8.98. The van der Waals surface area contributed by atoms with Crippen molar-refractivity contribution < 1.29 is 5.11 Å². The highest BCUT2D eigenvalue weighted by Crippen LogP contribution is 2.12. The maximum Gasteiger partial charge on any atom is 0.0471 e. The SMILES string of the molecule is CC(CO)C(C)N1[CH]CNCC1. The van der Waals surface area contributed by atoms with E-state index < -0.39 is 0 Å². The Morgan fingerprint density at radius 1 is 1.58 bits per heavy atom. The lowest BCUT2D eigenvalue weighted by molar-refractivity contribution is 0.129. The lowest BCUT2D eigenvalue weighted by Gasteiger charge is -2.35. The van der Waals surface area contributed by atoms with Gasteiger partial charge in [0, 0.05) is 38.8 Å². The van der Waals surface area contributed by atoms with Crippen molar-refractivity contribution in [1.82, 2.24) is 10.2 Å². The van der Waals surface area contributed by atoms with Crippen molar-refractivity contribution in [3.05, 3.63) is 6.54 Å². The minimum Gasteiger partial charge on any atom is -0.396 e. The third kappa shape index (κ3) is 2.44. The second-order valence-corrected chi connectivity index (χ2v) is 3.52. The molecule has 1 aliphatic heterocycles. The summed E-state index contributed by atoms with van der Waals surface area (Å²) in [6.07, 6.45) is 0. The zero-order valence-corrected chi connectivity index (χ0v) is 7.95. The first-order valence-electron chi connectivity index (χ1n) is 4.66. The van der Waals surface area contributed by atoms with Crippen LogP contribution in [0.15, 0.2) is 0 Å². The molecule has 1 fully saturated rings. The second kappa shape index (κ2) is 4.80. The largest absolute Gasteiger partial charge is 0.396 e. The molecule has 2 atom stereocenters. The summed E-state index contributed by atoms with van der Waals surface area (Å²) >= 11 is 0. The molecule has 0 saturated carbocycles. The third-order valence-corrected chi connectivity index (χ3v) is 2.65. The van der Waals surface area contributed by atoms with Crippen LogP contribution in [0.1, 0.15) is 13.8 Å². The van der Waals surface area contributed by atoms with Crippen LogP contribution in [0.4, 0.5) is 0 Å². The van der Waals surface area contributed by atoms with Gasteiger partial charge in [0.25, 0.3) is 0 Å². The molecule has 0 aromatic heterocycles. The molecule has 3 heteroatoms. The van der Waals surface area contributed by atoms with E-state index in [2.05, 4.69) is 30.6 Å². The predicted octanol–water partition coefficient (Wildman–Crippen LogP) is 0.0703. The van der Waals surface area contributed by atoms with E-state index in [1.165, 1.54) is 0 Å². The summed E-state index contributed by atoms with van der Waals surface area (Å²) in [6, 6.07) is 0.456. The van der Waals surface area contributed by atoms with Crippen molar-refractivity contribution in [2.24, 2.45) is 5.92 Å². The van der Waals surface area contributed by atoms with Crippen molar-refractivity contribution >= 4 is 0 Å². The van der Waals surface area contributed by atoms with E-state index in [1.54, 1.807) is 0 Å². The van der Waals surface area contributed by atoms with E-state index in [-0.39, 0.29) is 6.61 Å². The summed E-state index contributed by atoms with van der Waals surface area (Å²) < 4.78 is 0. The molecule has 1 radical (unpaired) electrons. The summed E-state index contributed by atoms with van der Waals surface area (Å²) in [7, 11) is 0. The molecule has 1 aliphatic rings. The minimum atomic E-state index is 0.277. The summed E-state index contributed by atoms with van der Waals surface area (Å²) in [6.45, 7) is 9.79. The van der Waals surface area contributed by atoms with E-state index in [1.807, 2.05) is 0 Å². The van der Waals surface area contributed by atoms with Gasteiger partial charge >= 0.3 is 0 Å². The fourth-order valence-corrected chi connectivity index (χ4v) is 1.43. The van der Waals surface area contributed by atoms with Gasteiger partial charge < -0.3 is 10.4 Å². The average Bonchev–Trinajstić information content (AvgIpc) is 2.17. The highest BCUT2D eigenvalue weighted by Gasteiger charge is 2.20. The summed E-state index contributed by atoms with van der Waals surface area (Å²) in [5.74, 6) is 0.361. The predicted molar refractivity (Wildman–Crippen MR) is 49.6 cm³/mol. The molecule has 3 nitrogen and oxygen atoms in total. The number of aliphatic hydroxyl groups is 1. The summed E-state index contributed by atoms with van der Waals surface area (Å²) in [5, 5.41) is 12.2. The standard InChI is InChI=1S/C9H19N2O/c1-8(7-12)9(2)11-5-3-10-4-6-11/h5,8-10,12H,3-4,6-7H2,1-2H3. The van der Waals surface area contributed by atoms with Crippen LogP contribution >= 0.6 is 0 Å². The summed E-state index contributed by atoms with van der Waals surface area (Å²) in [4.78, 5) is 2.32. The Morgan fingerprint density at radius 3 is 2.83 bits per heavy atom. The minimum absolute atomic E-state index is 0.277. The van der Waals surface area contributed by atoms with Crippen molar-refractivity contribution in [3.63, 3.8) is 0 Å². The van der Waals surface area contributed by atoms with Gasteiger partial charge in [-0.25, -0.2) is 0 Å². The van der Waals surface area contributed by atoms with Gasteiger partial charge in [-0.2, -0.15) is 0 Å². The van der Waals surface area contributed by atoms with Gasteiger partial charge in [-0.1, -0.05) is 6.92 Å². The van der Waals surface area contributed by atoms with Crippen molar-refractivity contribution in [2.75, 3.05) is 26.2 Å². The third-order valence-electron chi connectivity index (χ3n) is 2.65. The quantitative estimate of drug-likeness (QED) is 0.631. The Morgan fingerprint density at radius 2 is 2.33 bits per heavy atom. The Hall–Kier alpha value is -0.120. The molecule has 1 saturated heterocycles. The number of nitrogens with zero attached hydrogens (tertiary/aromatic N) is 1. The van der Waals surface area contributed by atoms with E-state index >= 15 is 0 Å². The zero-order valence-electron chi connectivity index (χ0n) is 7.95. The van der Waals surface area contributed by atoms with Gasteiger partial charge in [0.15, 0.2) is 0 Å². The van der Waals surface area contributed by atoms with Crippen LogP contribution < -0.4 is 5.32 Å². The van der Waals surface area contributed by atoms with E-state index in [9.17, 15) is 0 Å². The fourth-order valence-electron chi connectivity index (χ4n) is 1.43. The number of piperazine rings is 1. The first-order valence-corrected chi connectivity index (χ1v) is 4.66. The molecule has 0 bridgehead atoms. The lowest BCUT2D eigenvalue weighted by Crippen LogP contribution is -2.46. The zero-order chi connectivity index (χ0) is 8.97. The molecule has 0 aromatic rings. The molecule has 2 unspecified atom stereocenters. The van der Waals surface area contributed by atoms with Gasteiger partial charge in [0.1, 0.15) is 0 Å². The first-order chi connectivity index (χ1) is 5.75. The van der Waals surface area contributed by atoms with Gasteiger partial charge in [-0.15, -0.1) is 0 Å². The highest BCUT2D eigenvalue weighted by atomic mass is 16.3. The second-order valence-electron chi connectivity index (χ2n) is 3.52. The topological polar surface area (TPSA) is 35.5 Å². The molecule has 0 amide bonds. The van der Waals surface area contributed by atoms with Crippen molar-refractivity contribution in [1.29, 1.82) is 0 Å².